The Bertz CT molecular complexity index is 2440. The van der Waals surface area contributed by atoms with E-state index < -0.39 is 11.0 Å². The number of hydrogen-bond acceptors (Lipinski definition) is 0. The largest absolute Gasteiger partial charge is 0.222 e. The molecule has 1 atom stereocenters. The predicted molar refractivity (Wildman–Crippen MR) is 194 cm³/mol. The normalized spacial score (nSPS) is 20.4. The van der Waals surface area contributed by atoms with Crippen molar-refractivity contribution in [2.24, 2.45) is 7.05 Å². The van der Waals surface area contributed by atoms with Gasteiger partial charge >= 0.3 is 0 Å². The lowest BCUT2D eigenvalue weighted by Gasteiger charge is -2.46. The summed E-state index contributed by atoms with van der Waals surface area (Å²) >= 11 is 0. The SMILES string of the molecule is C[n+]1ccc2cccc3c2c1-c1c(C/C=C/C2(C)[n+]4ccc5cccc6c5c4-c4c(ccc(F)c4C6(C)C)C2(C)C)cccc1C3(C)C. The molecule has 3 heteroatoms. The van der Waals surface area contributed by atoms with Gasteiger partial charge in [0.05, 0.1) is 27.3 Å². The molecule has 4 aromatic carbocycles. The van der Waals surface area contributed by atoms with Crippen LogP contribution >= 0.6 is 0 Å². The molecular formula is C45H43FN2+2. The number of aryl methyl sites for hydroxylation is 1. The molecule has 2 aliphatic carbocycles. The fourth-order valence-electron chi connectivity index (χ4n) is 9.80. The number of aromatic nitrogens is 2. The number of nitrogens with zero attached hydrogens (tertiary/aromatic N) is 2. The minimum atomic E-state index is -0.446. The highest BCUT2D eigenvalue weighted by Gasteiger charge is 2.57. The van der Waals surface area contributed by atoms with Crippen molar-refractivity contribution in [3.8, 4) is 22.5 Å². The number of allylic oxidation sites excluding steroid dienone is 2. The first kappa shape index (κ1) is 29.5. The molecule has 0 N–H and O–H groups in total. The summed E-state index contributed by atoms with van der Waals surface area (Å²) in [5, 5.41) is 5.11. The third kappa shape index (κ3) is 3.42. The van der Waals surface area contributed by atoms with Gasteiger partial charge in [-0.1, -0.05) is 94.4 Å². The zero-order valence-electron chi connectivity index (χ0n) is 29.3. The highest BCUT2D eigenvalue weighted by molar-refractivity contribution is 6.02. The van der Waals surface area contributed by atoms with Gasteiger partial charge in [-0.3, -0.25) is 0 Å². The zero-order chi connectivity index (χ0) is 33.5. The Morgan fingerprint density at radius 3 is 1.98 bits per heavy atom. The quantitative estimate of drug-likeness (QED) is 0.136. The predicted octanol–water partition coefficient (Wildman–Crippen LogP) is 9.66. The van der Waals surface area contributed by atoms with Crippen LogP contribution in [-0.4, -0.2) is 0 Å². The van der Waals surface area contributed by atoms with Crippen molar-refractivity contribution in [3.05, 3.63) is 143 Å². The van der Waals surface area contributed by atoms with Crippen LogP contribution in [0.15, 0.2) is 103 Å². The van der Waals surface area contributed by atoms with E-state index in [9.17, 15) is 0 Å². The van der Waals surface area contributed by atoms with E-state index >= 15 is 4.39 Å². The maximum absolute atomic E-state index is 16.0. The highest BCUT2D eigenvalue weighted by Crippen LogP contribution is 2.56. The first-order valence-electron chi connectivity index (χ1n) is 17.3. The van der Waals surface area contributed by atoms with Crippen molar-refractivity contribution in [2.45, 2.75) is 76.7 Å². The summed E-state index contributed by atoms with van der Waals surface area (Å²) in [5.41, 5.74) is 11.0. The fraction of sp³-hybridized carbons (Fsp3) is 0.289. The second kappa shape index (κ2) is 9.29. The molecule has 0 fully saturated rings. The number of rotatable bonds is 3. The Labute approximate surface area is 283 Å². The van der Waals surface area contributed by atoms with E-state index in [0.717, 1.165) is 23.2 Å². The van der Waals surface area contributed by atoms with E-state index in [-0.39, 0.29) is 16.6 Å². The summed E-state index contributed by atoms with van der Waals surface area (Å²) in [6.45, 7) is 16.1. The molecule has 2 aromatic heterocycles. The number of fused-ring (bicyclic) bond motifs is 2. The molecule has 0 radical (unpaired) electrons. The molecule has 0 bridgehead atoms. The summed E-state index contributed by atoms with van der Waals surface area (Å²) in [6.07, 6.45) is 10.1. The van der Waals surface area contributed by atoms with Gasteiger partial charge in [0.15, 0.2) is 17.9 Å². The summed E-state index contributed by atoms with van der Waals surface area (Å²) < 4.78 is 20.7. The van der Waals surface area contributed by atoms with Gasteiger partial charge in [-0.05, 0) is 71.0 Å². The van der Waals surface area contributed by atoms with Crippen LogP contribution in [0.1, 0.15) is 81.8 Å². The second-order valence-corrected chi connectivity index (χ2v) is 16.2. The van der Waals surface area contributed by atoms with Crippen LogP contribution in [0.3, 0.4) is 0 Å². The lowest BCUT2D eigenvalue weighted by atomic mass is 9.59. The van der Waals surface area contributed by atoms with Crippen molar-refractivity contribution in [1.29, 1.82) is 0 Å². The maximum Gasteiger partial charge on any atom is 0.222 e. The van der Waals surface area contributed by atoms with Gasteiger partial charge in [0.25, 0.3) is 0 Å². The molecule has 0 spiro atoms. The van der Waals surface area contributed by atoms with E-state index in [4.69, 9.17) is 0 Å². The first-order valence-corrected chi connectivity index (χ1v) is 17.3. The molecule has 2 nitrogen and oxygen atoms in total. The molecule has 0 saturated heterocycles. The van der Waals surface area contributed by atoms with Crippen molar-refractivity contribution in [3.63, 3.8) is 0 Å². The molecule has 9 rings (SSSR count). The third-order valence-electron chi connectivity index (χ3n) is 12.8. The smallest absolute Gasteiger partial charge is 0.207 e. The van der Waals surface area contributed by atoms with Gasteiger partial charge in [0.2, 0.25) is 11.4 Å². The van der Waals surface area contributed by atoms with Crippen molar-refractivity contribution < 1.29 is 13.5 Å². The van der Waals surface area contributed by atoms with E-state index in [0.29, 0.717) is 0 Å². The molecule has 3 aliphatic rings. The highest BCUT2D eigenvalue weighted by atomic mass is 19.1. The van der Waals surface area contributed by atoms with Crippen molar-refractivity contribution in [2.75, 3.05) is 0 Å². The molecule has 3 heterocycles. The van der Waals surface area contributed by atoms with Crippen LogP contribution in [0, 0.1) is 5.82 Å². The fourth-order valence-corrected chi connectivity index (χ4v) is 9.80. The molecule has 1 aliphatic heterocycles. The lowest BCUT2D eigenvalue weighted by molar-refractivity contribution is -0.750. The van der Waals surface area contributed by atoms with Crippen LogP contribution in [0.4, 0.5) is 4.39 Å². The Morgan fingerprint density at radius 1 is 0.625 bits per heavy atom. The Kier molecular flexibility index (Phi) is 5.71. The van der Waals surface area contributed by atoms with Gasteiger partial charge in [-0.15, -0.1) is 0 Å². The molecule has 1 unspecified atom stereocenters. The molecule has 6 aromatic rings. The minimum absolute atomic E-state index is 0.112. The summed E-state index contributed by atoms with van der Waals surface area (Å²) in [7, 11) is 2.18. The van der Waals surface area contributed by atoms with Crippen LogP contribution in [0.25, 0.3) is 44.1 Å². The molecular weight excluding hydrogens is 588 g/mol. The van der Waals surface area contributed by atoms with Gasteiger partial charge in [-0.2, -0.15) is 4.57 Å². The third-order valence-corrected chi connectivity index (χ3v) is 12.8. The van der Waals surface area contributed by atoms with Crippen molar-refractivity contribution in [1.82, 2.24) is 0 Å². The average molecular weight is 631 g/mol. The lowest BCUT2D eigenvalue weighted by Crippen LogP contribution is -2.66. The second-order valence-electron chi connectivity index (χ2n) is 16.2. The van der Waals surface area contributed by atoms with E-state index in [1.54, 1.807) is 6.07 Å². The van der Waals surface area contributed by atoms with Crippen LogP contribution < -0.4 is 9.13 Å². The summed E-state index contributed by atoms with van der Waals surface area (Å²) in [4.78, 5) is 0. The minimum Gasteiger partial charge on any atom is -0.207 e. The van der Waals surface area contributed by atoms with E-state index in [1.807, 2.05) is 0 Å². The van der Waals surface area contributed by atoms with Crippen molar-refractivity contribution >= 4 is 21.5 Å². The number of hydrogen-bond donors (Lipinski definition) is 0. The maximum atomic E-state index is 16.0. The monoisotopic (exact) mass is 630 g/mol. The Morgan fingerprint density at radius 2 is 1.25 bits per heavy atom. The topological polar surface area (TPSA) is 7.76 Å². The van der Waals surface area contributed by atoms with Gasteiger partial charge < -0.3 is 0 Å². The summed E-state index contributed by atoms with van der Waals surface area (Å²) in [6, 6.07) is 28.4. The zero-order valence-corrected chi connectivity index (χ0v) is 29.3. The van der Waals surface area contributed by atoms with E-state index in [2.05, 4.69) is 162 Å². The first-order chi connectivity index (χ1) is 22.8. The Hall–Kier alpha value is -4.63. The molecule has 0 amide bonds. The van der Waals surface area contributed by atoms with Gasteiger partial charge in [-0.25, -0.2) is 8.96 Å². The number of benzene rings is 4. The summed E-state index contributed by atoms with van der Waals surface area (Å²) in [5.74, 6) is -0.117. The van der Waals surface area contributed by atoms with Gasteiger partial charge in [0, 0.05) is 35.4 Å². The van der Waals surface area contributed by atoms with Crippen LogP contribution in [-0.2, 0) is 35.3 Å². The van der Waals surface area contributed by atoms with Crippen LogP contribution in [0.2, 0.25) is 0 Å². The number of pyridine rings is 2. The standard InChI is InChI=1S/C45H43FN2/c1-42(2)30-17-9-13-27(35(30)40-36-28(22-25-47(40)8)14-10-18-31(36)42)16-12-24-45(7)44(5,6)33-20-21-34(46)39-38(33)41-37-29(23-26-48(41)45)15-11-19-32(37)43(39,3)4/h9-15,17-26H,16H2,1-8H3/q+2/b24-12+. The van der Waals surface area contributed by atoms with Crippen LogP contribution in [0.5, 0.6) is 0 Å². The molecule has 0 saturated carbocycles. The molecule has 48 heavy (non-hydrogen) atoms. The average Bonchev–Trinajstić information content (AvgIpc) is 3.05. The van der Waals surface area contributed by atoms with E-state index in [1.165, 1.54) is 60.6 Å². The van der Waals surface area contributed by atoms with Gasteiger partial charge in [0.1, 0.15) is 12.9 Å². The Balaban J connectivity index is 1.24. The number of halogens is 1. The molecule has 238 valence electrons.